The summed E-state index contributed by atoms with van der Waals surface area (Å²) in [5, 5.41) is 28.7. The van der Waals surface area contributed by atoms with Gasteiger partial charge in [0.15, 0.2) is 0 Å². The molecular weight excluding hydrogens is 262 g/mol. The van der Waals surface area contributed by atoms with Crippen LogP contribution in [0.15, 0.2) is 0 Å². The smallest absolute Gasteiger partial charge is 0.217 e. The predicted molar refractivity (Wildman–Crippen MR) is 75.1 cm³/mol. The Balaban J connectivity index is 0.000000425. The highest BCUT2D eigenvalue weighted by Crippen LogP contribution is 2.27. The van der Waals surface area contributed by atoms with Gasteiger partial charge < -0.3 is 24.8 Å². The van der Waals surface area contributed by atoms with Crippen molar-refractivity contribution in [3.05, 3.63) is 0 Å². The van der Waals surface area contributed by atoms with Gasteiger partial charge in [-0.25, -0.2) is 0 Å². The van der Waals surface area contributed by atoms with Crippen molar-refractivity contribution in [3.63, 3.8) is 0 Å². The minimum atomic E-state index is -0.471. The van der Waals surface area contributed by atoms with Crippen molar-refractivity contribution in [2.75, 3.05) is 32.8 Å². The van der Waals surface area contributed by atoms with Gasteiger partial charge in [0, 0.05) is 0 Å². The van der Waals surface area contributed by atoms with Gasteiger partial charge in [-0.15, -0.1) is 0 Å². The van der Waals surface area contributed by atoms with Crippen molar-refractivity contribution in [1.29, 1.82) is 0 Å². The number of ether oxygens (including phenoxy) is 2. The lowest BCUT2D eigenvalue weighted by Crippen LogP contribution is -2.59. The molecular formula is C14H30NO5+. The number of aliphatic hydroxyl groups excluding tert-OH is 3. The molecule has 0 radical (unpaired) electrons. The summed E-state index contributed by atoms with van der Waals surface area (Å²) >= 11 is 0. The van der Waals surface area contributed by atoms with Gasteiger partial charge in [0.1, 0.15) is 44.6 Å². The normalized spacial score (nSPS) is 31.4. The molecule has 2 saturated heterocycles. The zero-order chi connectivity index (χ0) is 15.3. The van der Waals surface area contributed by atoms with E-state index in [2.05, 4.69) is 6.92 Å². The molecule has 0 aromatic carbocycles. The predicted octanol–water partition coefficient (Wildman–Crippen LogP) is -0.293. The van der Waals surface area contributed by atoms with Crippen molar-refractivity contribution in [2.24, 2.45) is 0 Å². The molecule has 6 nitrogen and oxygen atoms in total. The third-order valence-corrected chi connectivity index (χ3v) is 3.31. The number of quaternary nitrogens is 1. The van der Waals surface area contributed by atoms with E-state index >= 15 is 0 Å². The first-order valence-electron chi connectivity index (χ1n) is 7.38. The molecule has 0 amide bonds. The number of hydrogen-bond donors (Lipinski definition) is 3. The lowest BCUT2D eigenvalue weighted by Gasteiger charge is -2.39. The van der Waals surface area contributed by atoms with Crippen LogP contribution in [-0.2, 0) is 9.47 Å². The van der Waals surface area contributed by atoms with Gasteiger partial charge in [-0.3, -0.25) is 4.48 Å². The number of rotatable bonds is 7. The standard InChI is InChI=1S/C11H24NO4.C3H6O/c1-8(13)4-12(5-9(2)14,6-10(3)15)11-7-16-11;1-3-2-4-3/h8-11,13-15H,4-7H2,1-3H3;3H,2H2,1H3/q+1;. The van der Waals surface area contributed by atoms with E-state index in [0.29, 0.717) is 36.8 Å². The first-order valence-corrected chi connectivity index (χ1v) is 7.38. The van der Waals surface area contributed by atoms with E-state index in [4.69, 9.17) is 9.47 Å². The summed E-state index contributed by atoms with van der Waals surface area (Å²) in [6.45, 7) is 10.4. The van der Waals surface area contributed by atoms with Crippen LogP contribution in [-0.4, -0.2) is 83.3 Å². The summed E-state index contributed by atoms with van der Waals surface area (Å²) in [7, 11) is 0. The first kappa shape index (κ1) is 17.8. The highest BCUT2D eigenvalue weighted by Gasteiger charge is 2.48. The molecule has 5 unspecified atom stereocenters. The fourth-order valence-electron chi connectivity index (χ4n) is 2.61. The SMILES string of the molecule is CC(O)C[N+](CC(C)O)(CC(C)O)C1CO1.CC1CO1. The molecule has 5 atom stereocenters. The van der Waals surface area contributed by atoms with Gasteiger partial charge in [-0.1, -0.05) is 0 Å². The maximum Gasteiger partial charge on any atom is 0.217 e. The summed E-state index contributed by atoms with van der Waals surface area (Å²) in [4.78, 5) is 0. The molecule has 0 saturated carbocycles. The van der Waals surface area contributed by atoms with Gasteiger partial charge >= 0.3 is 0 Å². The van der Waals surface area contributed by atoms with Crippen molar-refractivity contribution in [1.82, 2.24) is 0 Å². The Bertz CT molecular complexity index is 248. The molecule has 0 aliphatic carbocycles. The number of epoxide rings is 2. The summed E-state index contributed by atoms with van der Waals surface area (Å²) in [5.74, 6) is 0. The van der Waals surface area contributed by atoms with E-state index in [1.165, 1.54) is 0 Å². The van der Waals surface area contributed by atoms with E-state index in [9.17, 15) is 15.3 Å². The molecule has 0 aromatic rings. The first-order chi connectivity index (χ1) is 9.25. The molecule has 2 fully saturated rings. The monoisotopic (exact) mass is 292 g/mol. The van der Waals surface area contributed by atoms with Crippen LogP contribution in [0.2, 0.25) is 0 Å². The second-order valence-electron chi connectivity index (χ2n) is 6.25. The molecule has 6 heteroatoms. The Hall–Kier alpha value is -0.240. The molecule has 0 bridgehead atoms. The second kappa shape index (κ2) is 7.68. The molecule has 2 rings (SSSR count). The topological polar surface area (TPSA) is 85.8 Å². The Morgan fingerprint density at radius 3 is 1.35 bits per heavy atom. The molecule has 2 aliphatic heterocycles. The summed E-state index contributed by atoms with van der Waals surface area (Å²) in [5.41, 5.74) is 0. The van der Waals surface area contributed by atoms with E-state index in [-0.39, 0.29) is 6.23 Å². The van der Waals surface area contributed by atoms with Crippen molar-refractivity contribution in [3.8, 4) is 0 Å². The molecule has 0 aromatic heterocycles. The van der Waals surface area contributed by atoms with Gasteiger partial charge in [0.05, 0.1) is 12.7 Å². The van der Waals surface area contributed by atoms with E-state index in [0.717, 1.165) is 6.61 Å². The van der Waals surface area contributed by atoms with Gasteiger partial charge in [-0.05, 0) is 27.7 Å². The molecule has 0 spiro atoms. The van der Waals surface area contributed by atoms with Gasteiger partial charge in [-0.2, -0.15) is 0 Å². The largest absolute Gasteiger partial charge is 0.388 e. The van der Waals surface area contributed by atoms with Crippen molar-refractivity contribution < 1.29 is 29.3 Å². The zero-order valence-electron chi connectivity index (χ0n) is 13.0. The van der Waals surface area contributed by atoms with Gasteiger partial charge in [0.25, 0.3) is 0 Å². The zero-order valence-corrected chi connectivity index (χ0v) is 13.0. The van der Waals surface area contributed by atoms with Crippen LogP contribution in [0.1, 0.15) is 27.7 Å². The Morgan fingerprint density at radius 1 is 0.900 bits per heavy atom. The summed E-state index contributed by atoms with van der Waals surface area (Å²) < 4.78 is 10.5. The van der Waals surface area contributed by atoms with Crippen LogP contribution < -0.4 is 0 Å². The van der Waals surface area contributed by atoms with E-state index < -0.39 is 18.3 Å². The van der Waals surface area contributed by atoms with Crippen LogP contribution in [0.25, 0.3) is 0 Å². The Morgan fingerprint density at radius 2 is 1.20 bits per heavy atom. The van der Waals surface area contributed by atoms with E-state index in [1.807, 2.05) is 0 Å². The Kier molecular flexibility index (Phi) is 6.84. The molecule has 20 heavy (non-hydrogen) atoms. The van der Waals surface area contributed by atoms with Crippen molar-refractivity contribution in [2.45, 2.75) is 58.3 Å². The quantitative estimate of drug-likeness (QED) is 0.443. The van der Waals surface area contributed by atoms with Crippen LogP contribution in [0.3, 0.4) is 0 Å². The van der Waals surface area contributed by atoms with Crippen molar-refractivity contribution >= 4 is 0 Å². The maximum atomic E-state index is 9.56. The summed E-state index contributed by atoms with van der Waals surface area (Å²) in [6.07, 6.45) is -0.816. The second-order valence-corrected chi connectivity index (χ2v) is 6.25. The molecule has 2 aliphatic rings. The van der Waals surface area contributed by atoms with Crippen LogP contribution >= 0.6 is 0 Å². The number of aliphatic hydroxyl groups is 3. The fraction of sp³-hybridized carbons (Fsp3) is 1.00. The van der Waals surface area contributed by atoms with Crippen LogP contribution in [0, 0.1) is 0 Å². The number of nitrogens with zero attached hydrogens (tertiary/aromatic N) is 1. The fourth-order valence-corrected chi connectivity index (χ4v) is 2.61. The average molecular weight is 292 g/mol. The lowest BCUT2D eigenvalue weighted by atomic mass is 10.2. The van der Waals surface area contributed by atoms with Crippen LogP contribution in [0.5, 0.6) is 0 Å². The van der Waals surface area contributed by atoms with E-state index in [1.54, 1.807) is 20.8 Å². The third-order valence-electron chi connectivity index (χ3n) is 3.31. The summed E-state index contributed by atoms with van der Waals surface area (Å²) in [6, 6.07) is 0. The van der Waals surface area contributed by atoms with Gasteiger partial charge in [0.2, 0.25) is 6.23 Å². The number of hydrogen-bond acceptors (Lipinski definition) is 5. The molecule has 3 N–H and O–H groups in total. The third kappa shape index (κ3) is 6.97. The highest BCUT2D eigenvalue weighted by atomic mass is 16.6. The molecule has 120 valence electrons. The molecule has 2 heterocycles. The minimum Gasteiger partial charge on any atom is -0.388 e. The Labute approximate surface area is 121 Å². The average Bonchev–Trinajstić information content (AvgIpc) is 3.08. The maximum absolute atomic E-state index is 9.56. The lowest BCUT2D eigenvalue weighted by molar-refractivity contribution is -0.954. The minimum absolute atomic E-state index is 0.0128. The van der Waals surface area contributed by atoms with Crippen LogP contribution in [0.4, 0.5) is 0 Å². The highest BCUT2D eigenvalue weighted by molar-refractivity contribution is 4.66.